The summed E-state index contributed by atoms with van der Waals surface area (Å²) in [4.78, 5) is 0. The van der Waals surface area contributed by atoms with E-state index in [1.54, 1.807) is 19.2 Å². The van der Waals surface area contributed by atoms with Crippen LogP contribution >= 0.6 is 0 Å². The summed E-state index contributed by atoms with van der Waals surface area (Å²) in [7, 11) is -0.553. The number of methoxy groups -OCH3 is 1. The molecule has 0 fully saturated rings. The summed E-state index contributed by atoms with van der Waals surface area (Å²) in [5.41, 5.74) is 0.913. The van der Waals surface area contributed by atoms with E-state index >= 15 is 0 Å². The average Bonchev–Trinajstić information content (AvgIpc) is 2.18. The first-order valence-corrected chi connectivity index (χ1v) is 5.23. The second-order valence-corrected chi connectivity index (χ2v) is 3.46. The van der Waals surface area contributed by atoms with Crippen LogP contribution in [0.25, 0.3) is 0 Å². The standard InChI is InChI=1S/C9H11O4S.Na/c1-12-9-4-2-8(3-5-9)6-13-7-14(10)11;/h2-5H,6-7H2,1H3;/q-1;+1. The number of hydrogen-bond donors (Lipinski definition) is 0. The summed E-state index contributed by atoms with van der Waals surface area (Å²) in [6, 6.07) is 7.25. The minimum atomic E-state index is -2.14. The maximum Gasteiger partial charge on any atom is 1.00 e. The van der Waals surface area contributed by atoms with Gasteiger partial charge in [-0.15, -0.1) is 0 Å². The molecule has 0 bridgehead atoms. The van der Waals surface area contributed by atoms with E-state index in [0.29, 0.717) is 0 Å². The Morgan fingerprint density at radius 3 is 2.27 bits per heavy atom. The van der Waals surface area contributed by atoms with Gasteiger partial charge in [-0.3, -0.25) is 0 Å². The molecule has 4 nitrogen and oxygen atoms in total. The molecule has 0 aromatic heterocycles. The van der Waals surface area contributed by atoms with Crippen LogP contribution in [0.1, 0.15) is 5.56 Å². The molecule has 0 aliphatic rings. The van der Waals surface area contributed by atoms with Crippen molar-refractivity contribution in [2.45, 2.75) is 6.61 Å². The summed E-state index contributed by atoms with van der Waals surface area (Å²) in [5, 5.41) is 0. The van der Waals surface area contributed by atoms with Crippen LogP contribution in [0.15, 0.2) is 24.3 Å². The Bertz CT molecular complexity index is 340. The van der Waals surface area contributed by atoms with Crippen molar-refractivity contribution in [3.05, 3.63) is 29.8 Å². The molecule has 0 unspecified atom stereocenters. The SMILES string of the molecule is COc1ccc(COC[S-](=O)=O)cc1.[Na+]. The van der Waals surface area contributed by atoms with Crippen molar-refractivity contribution in [1.29, 1.82) is 0 Å². The summed E-state index contributed by atoms with van der Waals surface area (Å²) in [6.07, 6.45) is 0. The maximum absolute atomic E-state index is 10.1. The first kappa shape index (κ1) is 14.9. The van der Waals surface area contributed by atoms with E-state index in [9.17, 15) is 8.42 Å². The molecule has 0 saturated heterocycles. The second-order valence-electron chi connectivity index (χ2n) is 2.62. The Hall–Kier alpha value is -0.0700. The van der Waals surface area contributed by atoms with E-state index in [-0.39, 0.29) is 42.1 Å². The smallest absolute Gasteiger partial charge is 0.497 e. The van der Waals surface area contributed by atoms with Crippen molar-refractivity contribution in [1.82, 2.24) is 0 Å². The fourth-order valence-electron chi connectivity index (χ4n) is 0.949. The van der Waals surface area contributed by atoms with Crippen LogP contribution in [0.2, 0.25) is 0 Å². The number of hydrogen-bond acceptors (Lipinski definition) is 5. The van der Waals surface area contributed by atoms with Crippen molar-refractivity contribution >= 4 is 10.7 Å². The average molecular weight is 238 g/mol. The molecule has 0 spiro atoms. The summed E-state index contributed by atoms with van der Waals surface area (Å²) < 4.78 is 30.2. The molecule has 0 saturated carbocycles. The van der Waals surface area contributed by atoms with Gasteiger partial charge < -0.3 is 17.9 Å². The third kappa shape index (κ3) is 6.17. The fourth-order valence-corrected chi connectivity index (χ4v) is 1.17. The molecule has 0 heterocycles. The minimum Gasteiger partial charge on any atom is -0.497 e. The fraction of sp³-hybridized carbons (Fsp3) is 0.333. The van der Waals surface area contributed by atoms with E-state index in [4.69, 9.17) is 9.47 Å². The van der Waals surface area contributed by atoms with Crippen LogP contribution in [-0.2, 0) is 30.5 Å². The number of benzene rings is 1. The molecular formula is C9H11NaO4S. The third-order valence-electron chi connectivity index (χ3n) is 1.61. The quantitative estimate of drug-likeness (QED) is 0.462. The van der Waals surface area contributed by atoms with E-state index < -0.39 is 10.7 Å². The topological polar surface area (TPSA) is 52.6 Å². The molecule has 0 radical (unpaired) electrons. The van der Waals surface area contributed by atoms with Crippen LogP contribution in [0.4, 0.5) is 0 Å². The van der Waals surface area contributed by atoms with Gasteiger partial charge in [0.1, 0.15) is 5.75 Å². The number of rotatable bonds is 5. The molecule has 0 aliphatic heterocycles. The molecule has 0 amide bonds. The van der Waals surface area contributed by atoms with Crippen molar-refractivity contribution in [2.75, 3.05) is 13.0 Å². The van der Waals surface area contributed by atoms with Crippen LogP contribution in [0.3, 0.4) is 0 Å². The Balaban J connectivity index is 0.00000196. The Morgan fingerprint density at radius 1 is 1.20 bits per heavy atom. The van der Waals surface area contributed by atoms with Crippen LogP contribution < -0.4 is 34.3 Å². The third-order valence-corrected chi connectivity index (χ3v) is 1.97. The van der Waals surface area contributed by atoms with Gasteiger partial charge in [0.05, 0.1) is 13.7 Å². The Morgan fingerprint density at radius 2 is 1.80 bits per heavy atom. The molecular weight excluding hydrogens is 227 g/mol. The Labute approximate surface area is 113 Å². The predicted octanol–water partition coefficient (Wildman–Crippen LogP) is -1.52. The zero-order valence-electron chi connectivity index (χ0n) is 8.76. The van der Waals surface area contributed by atoms with Crippen LogP contribution in [0, 0.1) is 0 Å². The molecule has 1 aromatic carbocycles. The van der Waals surface area contributed by atoms with E-state index in [0.717, 1.165) is 11.3 Å². The van der Waals surface area contributed by atoms with Gasteiger partial charge in [-0.2, -0.15) is 0 Å². The molecule has 15 heavy (non-hydrogen) atoms. The zero-order chi connectivity index (χ0) is 10.4. The van der Waals surface area contributed by atoms with Gasteiger partial charge >= 0.3 is 29.6 Å². The van der Waals surface area contributed by atoms with Gasteiger partial charge in [0.15, 0.2) is 0 Å². The van der Waals surface area contributed by atoms with E-state index in [1.165, 1.54) is 0 Å². The summed E-state index contributed by atoms with van der Waals surface area (Å²) in [6.45, 7) is 0.290. The van der Waals surface area contributed by atoms with Crippen molar-refractivity contribution in [3.8, 4) is 5.75 Å². The van der Waals surface area contributed by atoms with Gasteiger partial charge in [0, 0.05) is 5.94 Å². The molecule has 0 N–H and O–H groups in total. The predicted molar refractivity (Wildman–Crippen MR) is 51.4 cm³/mol. The summed E-state index contributed by atoms with van der Waals surface area (Å²) >= 11 is 0. The normalized spacial score (nSPS) is 9.73. The maximum atomic E-state index is 10.1. The van der Waals surface area contributed by atoms with Crippen LogP contribution in [0.5, 0.6) is 5.75 Å². The molecule has 0 atom stereocenters. The molecule has 6 heteroatoms. The van der Waals surface area contributed by atoms with Crippen molar-refractivity contribution in [3.63, 3.8) is 0 Å². The monoisotopic (exact) mass is 238 g/mol. The van der Waals surface area contributed by atoms with Crippen molar-refractivity contribution in [2.24, 2.45) is 0 Å². The van der Waals surface area contributed by atoms with Crippen molar-refractivity contribution < 1.29 is 47.4 Å². The Kier molecular flexibility index (Phi) is 8.09. The molecule has 78 valence electrons. The molecule has 0 aliphatic carbocycles. The van der Waals surface area contributed by atoms with Gasteiger partial charge in [-0.1, -0.05) is 22.8 Å². The van der Waals surface area contributed by atoms with Gasteiger partial charge in [-0.05, 0) is 17.7 Å². The molecule has 1 aromatic rings. The molecule has 1 rings (SSSR count). The first-order chi connectivity index (χ1) is 6.72. The second kappa shape index (κ2) is 8.13. The van der Waals surface area contributed by atoms with E-state index in [1.807, 2.05) is 12.1 Å². The van der Waals surface area contributed by atoms with E-state index in [2.05, 4.69) is 0 Å². The number of ether oxygens (including phenoxy) is 2. The van der Waals surface area contributed by atoms with Gasteiger partial charge in [-0.25, -0.2) is 0 Å². The van der Waals surface area contributed by atoms with Crippen LogP contribution in [-0.4, -0.2) is 13.0 Å². The largest absolute Gasteiger partial charge is 1.00 e. The zero-order valence-corrected chi connectivity index (χ0v) is 11.6. The van der Waals surface area contributed by atoms with Gasteiger partial charge in [0.2, 0.25) is 0 Å². The van der Waals surface area contributed by atoms with Gasteiger partial charge in [0.25, 0.3) is 0 Å². The minimum absolute atomic E-state index is 0. The summed E-state index contributed by atoms with van der Waals surface area (Å²) in [5.74, 6) is 0.493. The first-order valence-electron chi connectivity index (χ1n) is 3.99.